The number of carbonyl (C=O) groups excluding carboxylic acids is 1. The van der Waals surface area contributed by atoms with E-state index in [4.69, 9.17) is 0 Å². The average molecular weight is 413 g/mol. The molecule has 2 aliphatic heterocycles. The second kappa shape index (κ2) is 8.86. The highest BCUT2D eigenvalue weighted by Gasteiger charge is 2.41. The fraction of sp³-hybridized carbons (Fsp3) is 0.632. The van der Waals surface area contributed by atoms with Crippen molar-refractivity contribution < 1.29 is 17.6 Å². The van der Waals surface area contributed by atoms with Gasteiger partial charge in [-0.25, -0.2) is 12.8 Å². The summed E-state index contributed by atoms with van der Waals surface area (Å²) in [5.41, 5.74) is 6.36. The van der Waals surface area contributed by atoms with Crippen LogP contribution in [0.15, 0.2) is 29.2 Å². The van der Waals surface area contributed by atoms with Crippen LogP contribution in [0.25, 0.3) is 0 Å². The zero-order valence-electron chi connectivity index (χ0n) is 16.4. The summed E-state index contributed by atoms with van der Waals surface area (Å²) in [6, 6.07) is 4.94. The SMILES string of the molecule is CCN(CC)C(=O)C1CNNC1C1CCN(S(=O)(=O)c2ccc(F)cc2)CC1. The van der Waals surface area contributed by atoms with Crippen molar-refractivity contribution in [3.8, 4) is 0 Å². The number of nitrogens with one attached hydrogen (secondary N) is 2. The molecule has 1 amide bonds. The molecule has 1 aromatic carbocycles. The smallest absolute Gasteiger partial charge is 0.243 e. The maximum Gasteiger partial charge on any atom is 0.243 e. The lowest BCUT2D eigenvalue weighted by atomic mass is 9.83. The largest absolute Gasteiger partial charge is 0.343 e. The normalized spacial score (nSPS) is 24.4. The molecule has 0 spiro atoms. The third-order valence-corrected chi connectivity index (χ3v) is 7.79. The van der Waals surface area contributed by atoms with Crippen LogP contribution in [-0.2, 0) is 14.8 Å². The molecule has 156 valence electrons. The van der Waals surface area contributed by atoms with Gasteiger partial charge in [0.2, 0.25) is 15.9 Å². The van der Waals surface area contributed by atoms with Crippen molar-refractivity contribution >= 4 is 15.9 Å². The summed E-state index contributed by atoms with van der Waals surface area (Å²) < 4.78 is 40.1. The first kappa shape index (κ1) is 21.2. The molecule has 2 atom stereocenters. The first-order chi connectivity index (χ1) is 13.4. The van der Waals surface area contributed by atoms with Crippen LogP contribution in [-0.4, -0.2) is 62.3 Å². The van der Waals surface area contributed by atoms with Gasteiger partial charge in [-0.15, -0.1) is 0 Å². The summed E-state index contributed by atoms with van der Waals surface area (Å²) in [6.07, 6.45) is 1.36. The average Bonchev–Trinajstić information content (AvgIpc) is 3.19. The molecule has 1 aromatic rings. The molecule has 2 fully saturated rings. The van der Waals surface area contributed by atoms with Crippen LogP contribution < -0.4 is 10.9 Å². The summed E-state index contributed by atoms with van der Waals surface area (Å²) in [4.78, 5) is 14.8. The summed E-state index contributed by atoms with van der Waals surface area (Å²) in [5, 5.41) is 0. The molecule has 2 unspecified atom stereocenters. The lowest BCUT2D eigenvalue weighted by Crippen LogP contribution is -2.49. The number of benzene rings is 1. The molecule has 0 bridgehead atoms. The lowest BCUT2D eigenvalue weighted by molar-refractivity contribution is -0.135. The van der Waals surface area contributed by atoms with E-state index in [1.807, 2.05) is 18.7 Å². The summed E-state index contributed by atoms with van der Waals surface area (Å²) in [5.74, 6) is -0.223. The van der Waals surface area contributed by atoms with Gasteiger partial charge in [-0.2, -0.15) is 4.31 Å². The Kier molecular flexibility index (Phi) is 6.69. The first-order valence-electron chi connectivity index (χ1n) is 9.91. The van der Waals surface area contributed by atoms with Gasteiger partial charge in [0.05, 0.1) is 10.8 Å². The predicted molar refractivity (Wildman–Crippen MR) is 104 cm³/mol. The summed E-state index contributed by atoms with van der Waals surface area (Å²) in [6.45, 7) is 6.72. The first-order valence-corrected chi connectivity index (χ1v) is 11.3. The van der Waals surface area contributed by atoms with Gasteiger partial charge in [0.1, 0.15) is 5.82 Å². The van der Waals surface area contributed by atoms with E-state index in [1.165, 1.54) is 16.4 Å². The Hall–Kier alpha value is -1.55. The van der Waals surface area contributed by atoms with Crippen LogP contribution in [0.2, 0.25) is 0 Å². The van der Waals surface area contributed by atoms with Crippen molar-refractivity contribution in [3.05, 3.63) is 30.1 Å². The number of rotatable bonds is 6. The van der Waals surface area contributed by atoms with Crippen molar-refractivity contribution in [3.63, 3.8) is 0 Å². The van der Waals surface area contributed by atoms with Gasteiger partial charge in [-0.3, -0.25) is 15.6 Å². The minimum atomic E-state index is -3.62. The zero-order valence-corrected chi connectivity index (χ0v) is 17.2. The van der Waals surface area contributed by atoms with Gasteiger partial charge < -0.3 is 4.90 Å². The maximum absolute atomic E-state index is 13.1. The molecular weight excluding hydrogens is 383 g/mol. The molecule has 3 rings (SSSR count). The molecule has 0 saturated carbocycles. The number of hydrazine groups is 1. The number of piperidine rings is 1. The molecule has 0 radical (unpaired) electrons. The number of hydrogen-bond donors (Lipinski definition) is 2. The van der Waals surface area contributed by atoms with Crippen LogP contribution in [0.1, 0.15) is 26.7 Å². The molecular formula is C19H29FN4O3S. The van der Waals surface area contributed by atoms with E-state index in [0.717, 1.165) is 12.1 Å². The van der Waals surface area contributed by atoms with Crippen molar-refractivity contribution in [2.75, 3.05) is 32.7 Å². The third kappa shape index (κ3) is 4.22. The lowest BCUT2D eigenvalue weighted by Gasteiger charge is -2.36. The Morgan fingerprint density at radius 2 is 1.79 bits per heavy atom. The number of nitrogens with zero attached hydrogens (tertiary/aromatic N) is 2. The number of sulfonamides is 1. The van der Waals surface area contributed by atoms with Crippen LogP contribution in [0.3, 0.4) is 0 Å². The van der Waals surface area contributed by atoms with Crippen LogP contribution in [0, 0.1) is 17.7 Å². The van der Waals surface area contributed by atoms with Gasteiger partial charge in [-0.1, -0.05) is 0 Å². The Balaban J connectivity index is 1.64. The minimum absolute atomic E-state index is 0.00350. The number of halogens is 1. The minimum Gasteiger partial charge on any atom is -0.343 e. The van der Waals surface area contributed by atoms with E-state index in [1.54, 1.807) is 0 Å². The molecule has 28 heavy (non-hydrogen) atoms. The van der Waals surface area contributed by atoms with Gasteiger partial charge in [-0.05, 0) is 56.9 Å². The standard InChI is InChI=1S/C19H29FN4O3S/c1-3-23(4-2)19(25)17-13-21-22-18(17)14-9-11-24(12-10-14)28(26,27)16-7-5-15(20)6-8-16/h5-8,14,17-18,21-22H,3-4,9-13H2,1-2H3. The van der Waals surface area contributed by atoms with E-state index in [-0.39, 0.29) is 28.7 Å². The summed E-state index contributed by atoms with van der Waals surface area (Å²) in [7, 11) is -3.62. The van der Waals surface area contributed by atoms with E-state index < -0.39 is 15.8 Å². The van der Waals surface area contributed by atoms with E-state index >= 15 is 0 Å². The fourth-order valence-corrected chi connectivity index (χ4v) is 5.67. The predicted octanol–water partition coefficient (Wildman–Crippen LogP) is 1.19. The topological polar surface area (TPSA) is 81.8 Å². The van der Waals surface area contributed by atoms with E-state index in [9.17, 15) is 17.6 Å². The molecule has 7 nitrogen and oxygen atoms in total. The van der Waals surface area contributed by atoms with Crippen LogP contribution >= 0.6 is 0 Å². The summed E-state index contributed by atoms with van der Waals surface area (Å²) >= 11 is 0. The van der Waals surface area contributed by atoms with Gasteiger partial charge >= 0.3 is 0 Å². The molecule has 9 heteroatoms. The molecule has 2 heterocycles. The van der Waals surface area contributed by atoms with E-state index in [2.05, 4.69) is 10.9 Å². The third-order valence-electron chi connectivity index (χ3n) is 5.87. The van der Waals surface area contributed by atoms with Gasteiger partial charge in [0.15, 0.2) is 0 Å². The van der Waals surface area contributed by atoms with Crippen molar-refractivity contribution in [2.45, 2.75) is 37.6 Å². The molecule has 2 N–H and O–H groups in total. The van der Waals surface area contributed by atoms with Crippen molar-refractivity contribution in [1.29, 1.82) is 0 Å². The Morgan fingerprint density at radius 1 is 1.18 bits per heavy atom. The Morgan fingerprint density at radius 3 is 2.36 bits per heavy atom. The zero-order chi connectivity index (χ0) is 20.3. The molecule has 0 aromatic heterocycles. The Bertz CT molecular complexity index is 775. The number of amides is 1. The fourth-order valence-electron chi connectivity index (χ4n) is 4.20. The Labute approximate surface area is 166 Å². The second-order valence-corrected chi connectivity index (χ2v) is 9.30. The van der Waals surface area contributed by atoms with Gasteiger partial charge in [0, 0.05) is 38.8 Å². The van der Waals surface area contributed by atoms with Gasteiger partial charge in [0.25, 0.3) is 0 Å². The molecule has 2 saturated heterocycles. The number of hydrogen-bond acceptors (Lipinski definition) is 5. The number of carbonyl (C=O) groups is 1. The monoisotopic (exact) mass is 412 g/mol. The van der Waals surface area contributed by atoms with Crippen LogP contribution in [0.5, 0.6) is 0 Å². The van der Waals surface area contributed by atoms with Crippen molar-refractivity contribution in [2.24, 2.45) is 11.8 Å². The molecule has 2 aliphatic rings. The maximum atomic E-state index is 13.1. The van der Waals surface area contributed by atoms with Crippen LogP contribution in [0.4, 0.5) is 4.39 Å². The quantitative estimate of drug-likeness (QED) is 0.734. The highest BCUT2D eigenvalue weighted by atomic mass is 32.2. The second-order valence-electron chi connectivity index (χ2n) is 7.36. The molecule has 0 aliphatic carbocycles. The van der Waals surface area contributed by atoms with E-state index in [0.29, 0.717) is 45.6 Å². The van der Waals surface area contributed by atoms with Crippen molar-refractivity contribution in [1.82, 2.24) is 20.1 Å². The highest BCUT2D eigenvalue weighted by molar-refractivity contribution is 7.89. The highest BCUT2D eigenvalue weighted by Crippen LogP contribution is 2.30.